The van der Waals surface area contributed by atoms with Crippen LogP contribution >= 0.6 is 22.9 Å². The molecule has 0 amide bonds. The van der Waals surface area contributed by atoms with E-state index in [2.05, 4.69) is 25.2 Å². The Kier molecular flexibility index (Phi) is 2.72. The first-order valence-electron chi connectivity index (χ1n) is 5.99. The van der Waals surface area contributed by atoms with Crippen LogP contribution in [0.1, 0.15) is 5.69 Å². The quantitative estimate of drug-likeness (QED) is 0.565. The van der Waals surface area contributed by atoms with Crippen molar-refractivity contribution in [1.29, 1.82) is 0 Å². The summed E-state index contributed by atoms with van der Waals surface area (Å²) in [5.41, 5.74) is 0.920. The van der Waals surface area contributed by atoms with Crippen LogP contribution < -0.4 is 0 Å². The Morgan fingerprint density at radius 3 is 2.86 bits per heavy atom. The lowest BCUT2D eigenvalue weighted by molar-refractivity contribution is 0.429. The van der Waals surface area contributed by atoms with Crippen LogP contribution in [0.25, 0.3) is 28.2 Å². The van der Waals surface area contributed by atoms with Gasteiger partial charge in [-0.3, -0.25) is 0 Å². The van der Waals surface area contributed by atoms with E-state index in [0.717, 1.165) is 10.6 Å². The number of fused-ring (bicyclic) bond motifs is 1. The summed E-state index contributed by atoms with van der Waals surface area (Å²) in [6.45, 7) is 1.92. The van der Waals surface area contributed by atoms with Gasteiger partial charge in [-0.25, -0.2) is 9.50 Å². The number of aromatic nitrogens is 6. The second-order valence-corrected chi connectivity index (χ2v) is 5.98. The average Bonchev–Trinajstić information content (AvgIpc) is 3.15. The predicted molar refractivity (Wildman–Crippen MR) is 77.1 cm³/mol. The smallest absolute Gasteiger partial charge is 0.298 e. The summed E-state index contributed by atoms with van der Waals surface area (Å²) in [4.78, 5) is 13.5. The summed E-state index contributed by atoms with van der Waals surface area (Å²) in [7, 11) is 0. The van der Waals surface area contributed by atoms with Crippen molar-refractivity contribution >= 4 is 28.7 Å². The van der Waals surface area contributed by atoms with Gasteiger partial charge in [0.15, 0.2) is 0 Å². The van der Waals surface area contributed by atoms with Gasteiger partial charge >= 0.3 is 0 Å². The fraction of sp³-hybridized carbons (Fsp3) is 0.0833. The predicted octanol–water partition coefficient (Wildman–Crippen LogP) is 2.86. The molecule has 4 aromatic heterocycles. The van der Waals surface area contributed by atoms with E-state index in [1.54, 1.807) is 16.8 Å². The molecule has 0 radical (unpaired) electrons. The van der Waals surface area contributed by atoms with E-state index in [0.29, 0.717) is 21.8 Å². The molecule has 21 heavy (non-hydrogen) atoms. The fourth-order valence-corrected chi connectivity index (χ4v) is 2.81. The molecule has 9 heteroatoms. The summed E-state index contributed by atoms with van der Waals surface area (Å²) in [5, 5.41) is 8.24. The molecule has 0 unspecified atom stereocenters. The Balaban J connectivity index is 1.79. The molecule has 0 aromatic carbocycles. The second kappa shape index (κ2) is 4.61. The fourth-order valence-electron chi connectivity index (χ4n) is 1.85. The van der Waals surface area contributed by atoms with Gasteiger partial charge in [-0.15, -0.1) is 16.4 Å². The highest BCUT2D eigenvalue weighted by Gasteiger charge is 2.17. The summed E-state index contributed by atoms with van der Waals surface area (Å²) < 4.78 is 7.51. The molecule has 0 aliphatic rings. The van der Waals surface area contributed by atoms with Gasteiger partial charge in [-0.2, -0.15) is 9.97 Å². The molecule has 0 saturated carbocycles. The number of nitrogens with zero attached hydrogens (tertiary/aromatic N) is 6. The summed E-state index contributed by atoms with van der Waals surface area (Å²) in [6, 6.07) is 5.47. The summed E-state index contributed by atoms with van der Waals surface area (Å²) in [5.74, 6) is 1.55. The monoisotopic (exact) mass is 318 g/mol. The maximum Gasteiger partial charge on any atom is 0.298 e. The van der Waals surface area contributed by atoms with Crippen molar-refractivity contribution in [2.45, 2.75) is 6.92 Å². The van der Waals surface area contributed by atoms with Gasteiger partial charge in [0.1, 0.15) is 0 Å². The van der Waals surface area contributed by atoms with E-state index in [4.69, 9.17) is 16.1 Å². The lowest BCUT2D eigenvalue weighted by Gasteiger charge is -1.92. The standard InChI is InChI=1S/C12H7ClN6OS/c1-6-4-5-14-12-16-10(17-19(6)12)11-15-9(18-20-11)7-2-3-8(13)21-7/h2-5H,1H3. The van der Waals surface area contributed by atoms with Gasteiger partial charge in [0, 0.05) is 11.9 Å². The second-order valence-electron chi connectivity index (χ2n) is 4.26. The first-order valence-corrected chi connectivity index (χ1v) is 7.18. The molecule has 0 atom stereocenters. The average molecular weight is 319 g/mol. The zero-order valence-electron chi connectivity index (χ0n) is 10.7. The molecule has 4 heterocycles. The van der Waals surface area contributed by atoms with E-state index >= 15 is 0 Å². The van der Waals surface area contributed by atoms with Gasteiger partial charge in [0.05, 0.1) is 9.21 Å². The highest BCUT2D eigenvalue weighted by Crippen LogP contribution is 2.30. The van der Waals surface area contributed by atoms with Crippen molar-refractivity contribution in [3.8, 4) is 22.4 Å². The van der Waals surface area contributed by atoms with Crippen molar-refractivity contribution in [1.82, 2.24) is 29.7 Å². The van der Waals surface area contributed by atoms with Gasteiger partial charge in [-0.1, -0.05) is 16.8 Å². The van der Waals surface area contributed by atoms with Crippen molar-refractivity contribution in [2.75, 3.05) is 0 Å². The third-order valence-electron chi connectivity index (χ3n) is 2.84. The third kappa shape index (κ3) is 2.08. The summed E-state index contributed by atoms with van der Waals surface area (Å²) >= 11 is 7.28. The molecule has 0 N–H and O–H groups in total. The molecular weight excluding hydrogens is 312 g/mol. The van der Waals surface area contributed by atoms with E-state index in [1.807, 2.05) is 19.1 Å². The van der Waals surface area contributed by atoms with Crippen molar-refractivity contribution in [2.24, 2.45) is 0 Å². The van der Waals surface area contributed by atoms with Crippen LogP contribution in [0.5, 0.6) is 0 Å². The highest BCUT2D eigenvalue weighted by atomic mass is 35.5. The molecule has 0 aliphatic heterocycles. The molecule has 0 saturated heterocycles. The Morgan fingerprint density at radius 2 is 2.10 bits per heavy atom. The zero-order valence-corrected chi connectivity index (χ0v) is 12.3. The van der Waals surface area contributed by atoms with Crippen molar-refractivity contribution < 1.29 is 4.52 Å². The van der Waals surface area contributed by atoms with E-state index in [1.165, 1.54) is 11.3 Å². The Morgan fingerprint density at radius 1 is 1.19 bits per heavy atom. The first kappa shape index (κ1) is 12.4. The lowest BCUT2D eigenvalue weighted by atomic mass is 10.4. The van der Waals surface area contributed by atoms with Crippen LogP contribution in [0.3, 0.4) is 0 Å². The van der Waals surface area contributed by atoms with E-state index in [-0.39, 0.29) is 5.89 Å². The lowest BCUT2D eigenvalue weighted by Crippen LogP contribution is -1.94. The van der Waals surface area contributed by atoms with Crippen LogP contribution in [-0.2, 0) is 0 Å². The SMILES string of the molecule is Cc1ccnc2nc(-c3nc(-c4ccc(Cl)s4)no3)nn12. The number of hydrogen-bond acceptors (Lipinski definition) is 7. The number of thiophene rings is 1. The third-order valence-corrected chi connectivity index (χ3v) is 4.07. The normalized spacial score (nSPS) is 11.3. The molecule has 0 aliphatic carbocycles. The van der Waals surface area contributed by atoms with E-state index < -0.39 is 0 Å². The zero-order chi connectivity index (χ0) is 14.4. The largest absolute Gasteiger partial charge is 0.330 e. The number of halogens is 1. The topological polar surface area (TPSA) is 82.0 Å². The molecule has 7 nitrogen and oxygen atoms in total. The molecule has 104 valence electrons. The molecule has 4 aromatic rings. The Bertz CT molecular complexity index is 942. The molecular formula is C12H7ClN6OS. The molecule has 0 spiro atoms. The van der Waals surface area contributed by atoms with Crippen LogP contribution in [0.4, 0.5) is 0 Å². The van der Waals surface area contributed by atoms with Gasteiger partial charge in [0.2, 0.25) is 11.6 Å². The summed E-state index contributed by atoms with van der Waals surface area (Å²) in [6.07, 6.45) is 1.68. The maximum atomic E-state index is 5.90. The minimum atomic E-state index is 0.249. The number of aryl methyl sites for hydroxylation is 1. The Hall–Kier alpha value is -2.32. The van der Waals surface area contributed by atoms with Crippen molar-refractivity contribution in [3.63, 3.8) is 0 Å². The molecule has 0 bridgehead atoms. The number of hydrogen-bond donors (Lipinski definition) is 0. The van der Waals surface area contributed by atoms with Gasteiger partial charge in [-0.05, 0) is 25.1 Å². The first-order chi connectivity index (χ1) is 10.2. The van der Waals surface area contributed by atoms with Crippen LogP contribution in [0.2, 0.25) is 4.34 Å². The van der Waals surface area contributed by atoms with Crippen LogP contribution in [-0.4, -0.2) is 29.7 Å². The molecule has 0 fully saturated rings. The van der Waals surface area contributed by atoms with Crippen molar-refractivity contribution in [3.05, 3.63) is 34.4 Å². The van der Waals surface area contributed by atoms with Crippen LogP contribution in [0, 0.1) is 6.92 Å². The van der Waals surface area contributed by atoms with Gasteiger partial charge < -0.3 is 4.52 Å². The van der Waals surface area contributed by atoms with E-state index in [9.17, 15) is 0 Å². The maximum absolute atomic E-state index is 5.90. The Labute approximate surface area is 127 Å². The molecule has 4 rings (SSSR count). The van der Waals surface area contributed by atoms with Crippen LogP contribution in [0.15, 0.2) is 28.9 Å². The highest BCUT2D eigenvalue weighted by molar-refractivity contribution is 7.19. The number of rotatable bonds is 2. The minimum absolute atomic E-state index is 0.249. The van der Waals surface area contributed by atoms with Gasteiger partial charge in [0.25, 0.3) is 11.7 Å². The minimum Gasteiger partial charge on any atom is -0.330 e.